The maximum atomic E-state index is 13.5. The number of piperazine rings is 1. The Balaban J connectivity index is 1.49. The van der Waals surface area contributed by atoms with Crippen LogP contribution in [0.2, 0.25) is 5.02 Å². The molecule has 2 atom stereocenters. The third kappa shape index (κ3) is 4.43. The van der Waals surface area contributed by atoms with Gasteiger partial charge in [-0.15, -0.1) is 0 Å². The van der Waals surface area contributed by atoms with Crippen molar-refractivity contribution in [1.29, 1.82) is 5.26 Å². The van der Waals surface area contributed by atoms with E-state index < -0.39 is 0 Å². The van der Waals surface area contributed by atoms with Crippen LogP contribution in [-0.2, 0) is 16.1 Å². The molecule has 0 radical (unpaired) electrons. The van der Waals surface area contributed by atoms with E-state index in [4.69, 9.17) is 16.9 Å². The molecule has 0 aromatic heterocycles. The van der Waals surface area contributed by atoms with Gasteiger partial charge in [0, 0.05) is 30.2 Å². The van der Waals surface area contributed by atoms with Crippen LogP contribution in [0, 0.1) is 11.3 Å². The second-order valence-corrected chi connectivity index (χ2v) is 9.15. The minimum Gasteiger partial charge on any atom is -0.331 e. The smallest absolute Gasteiger partial charge is 0.271 e. The van der Waals surface area contributed by atoms with Crippen molar-refractivity contribution in [3.63, 3.8) is 0 Å². The van der Waals surface area contributed by atoms with Gasteiger partial charge in [-0.1, -0.05) is 42.0 Å². The zero-order valence-corrected chi connectivity index (χ0v) is 19.3. The molecule has 7 nitrogen and oxygen atoms in total. The monoisotopic (exact) mass is 473 g/mol. The van der Waals surface area contributed by atoms with Crippen molar-refractivity contribution in [1.82, 2.24) is 15.3 Å². The summed E-state index contributed by atoms with van der Waals surface area (Å²) in [5, 5.41) is 14.5. The van der Waals surface area contributed by atoms with Crippen LogP contribution < -0.4 is 10.7 Å². The Kier molecular flexibility index (Phi) is 6.10. The summed E-state index contributed by atoms with van der Waals surface area (Å²) in [6, 6.07) is 14.7. The summed E-state index contributed by atoms with van der Waals surface area (Å²) in [6.07, 6.45) is 7.77. The van der Waals surface area contributed by atoms with Gasteiger partial charge in [0.05, 0.1) is 23.7 Å². The molecule has 2 aromatic carbocycles. The second-order valence-electron chi connectivity index (χ2n) is 8.71. The highest BCUT2D eigenvalue weighted by atomic mass is 35.5. The molecule has 3 heterocycles. The van der Waals surface area contributed by atoms with Gasteiger partial charge < -0.3 is 10.2 Å². The van der Waals surface area contributed by atoms with Gasteiger partial charge in [0.1, 0.15) is 5.70 Å². The number of nitriles is 1. The van der Waals surface area contributed by atoms with Gasteiger partial charge >= 0.3 is 0 Å². The van der Waals surface area contributed by atoms with Crippen LogP contribution >= 0.6 is 11.6 Å². The lowest BCUT2D eigenvalue weighted by Crippen LogP contribution is -2.56. The van der Waals surface area contributed by atoms with Crippen molar-refractivity contribution in [2.24, 2.45) is 0 Å². The number of rotatable bonds is 2. The Labute approximate surface area is 203 Å². The van der Waals surface area contributed by atoms with Gasteiger partial charge in [-0.3, -0.25) is 14.6 Å². The van der Waals surface area contributed by atoms with E-state index in [1.807, 2.05) is 46.3 Å². The maximum absolute atomic E-state index is 13.5. The average molecular weight is 474 g/mol. The summed E-state index contributed by atoms with van der Waals surface area (Å²) in [5.41, 5.74) is 7.18. The van der Waals surface area contributed by atoms with Crippen molar-refractivity contribution in [2.45, 2.75) is 37.9 Å². The zero-order chi connectivity index (χ0) is 23.7. The number of carbonyl (C=O) groups is 2. The van der Waals surface area contributed by atoms with E-state index in [-0.39, 0.29) is 23.9 Å². The number of benzene rings is 2. The first-order chi connectivity index (χ1) is 16.5. The number of nitrogens with zero attached hydrogens (tertiary/aromatic N) is 3. The van der Waals surface area contributed by atoms with E-state index in [2.05, 4.69) is 16.8 Å². The van der Waals surface area contributed by atoms with Crippen LogP contribution in [0.1, 0.15) is 42.0 Å². The van der Waals surface area contributed by atoms with Gasteiger partial charge in [-0.2, -0.15) is 5.26 Å². The minimum atomic E-state index is -0.266. The molecule has 1 saturated heterocycles. The number of hydrazine groups is 1. The van der Waals surface area contributed by atoms with Gasteiger partial charge in [0.2, 0.25) is 5.91 Å². The van der Waals surface area contributed by atoms with E-state index >= 15 is 0 Å². The largest absolute Gasteiger partial charge is 0.331 e. The molecular formula is C26H24ClN5O2. The van der Waals surface area contributed by atoms with E-state index in [1.165, 1.54) is 0 Å². The molecule has 2 unspecified atom stereocenters. The first-order valence-electron chi connectivity index (χ1n) is 11.3. The maximum Gasteiger partial charge on any atom is 0.271 e. The molecule has 2 bridgehead atoms. The van der Waals surface area contributed by atoms with Crippen molar-refractivity contribution < 1.29 is 9.59 Å². The number of hydrogen-bond acceptors (Lipinski definition) is 5. The Bertz CT molecular complexity index is 1230. The Morgan fingerprint density at radius 1 is 1.12 bits per heavy atom. The van der Waals surface area contributed by atoms with E-state index in [9.17, 15) is 9.59 Å². The Morgan fingerprint density at radius 2 is 1.94 bits per heavy atom. The first-order valence-corrected chi connectivity index (χ1v) is 11.7. The predicted molar refractivity (Wildman–Crippen MR) is 129 cm³/mol. The molecule has 3 aliphatic rings. The number of carbonyl (C=O) groups excluding carboxylic acids is 2. The molecule has 0 spiro atoms. The minimum absolute atomic E-state index is 0.0437. The van der Waals surface area contributed by atoms with Gasteiger partial charge in [0.15, 0.2) is 0 Å². The topological polar surface area (TPSA) is 88.5 Å². The van der Waals surface area contributed by atoms with Crippen LogP contribution in [0.25, 0.3) is 0 Å². The molecule has 2 N–H and O–H groups in total. The molecule has 0 saturated carbocycles. The molecule has 2 amide bonds. The fraction of sp³-hybridized carbons (Fsp3) is 0.269. The summed E-state index contributed by atoms with van der Waals surface area (Å²) in [5.74, 6) is -0.149. The lowest BCUT2D eigenvalue weighted by Gasteiger charge is -2.41. The van der Waals surface area contributed by atoms with Crippen molar-refractivity contribution >= 4 is 29.1 Å². The van der Waals surface area contributed by atoms with Gasteiger partial charge in [-0.25, -0.2) is 5.43 Å². The number of anilines is 1. The van der Waals surface area contributed by atoms with Crippen molar-refractivity contribution in [3.05, 3.63) is 88.1 Å². The van der Waals surface area contributed by atoms with Crippen LogP contribution in [0.15, 0.2) is 66.4 Å². The fourth-order valence-corrected chi connectivity index (χ4v) is 4.85. The second kappa shape index (κ2) is 9.34. The van der Waals surface area contributed by atoms with E-state index in [1.54, 1.807) is 24.3 Å². The van der Waals surface area contributed by atoms with Crippen molar-refractivity contribution in [2.75, 3.05) is 11.9 Å². The van der Waals surface area contributed by atoms with Gasteiger partial charge in [-0.05, 0) is 54.3 Å². The summed E-state index contributed by atoms with van der Waals surface area (Å²) in [7, 11) is 0. The quantitative estimate of drug-likeness (QED) is 0.642. The highest BCUT2D eigenvalue weighted by molar-refractivity contribution is 6.31. The molecule has 0 aliphatic carbocycles. The molecule has 3 aliphatic heterocycles. The zero-order valence-electron chi connectivity index (χ0n) is 18.5. The molecule has 5 rings (SSSR count). The fourth-order valence-electron chi connectivity index (χ4n) is 4.68. The van der Waals surface area contributed by atoms with Gasteiger partial charge in [0.25, 0.3) is 5.91 Å². The van der Waals surface area contributed by atoms with Crippen molar-refractivity contribution in [3.8, 4) is 6.07 Å². The van der Waals surface area contributed by atoms with Crippen LogP contribution in [0.5, 0.6) is 0 Å². The number of nitrogens with one attached hydrogen (secondary N) is 2. The number of amides is 2. The number of halogens is 1. The molecule has 1 fully saturated rings. The molecule has 2 aromatic rings. The van der Waals surface area contributed by atoms with Crippen LogP contribution in [-0.4, -0.2) is 34.3 Å². The van der Waals surface area contributed by atoms with Crippen LogP contribution in [0.4, 0.5) is 5.69 Å². The third-order valence-electron chi connectivity index (χ3n) is 6.38. The average Bonchev–Trinajstić information content (AvgIpc) is 3.27. The molecule has 34 heavy (non-hydrogen) atoms. The SMILES string of the molecule is N#Cc1ccc(CN2CC3CC/C=C\CC(=O)Nc4cc(Cl)ccc4C4C=C(C2=O)N3N4)cc1. The lowest BCUT2D eigenvalue weighted by atomic mass is 10.0. The predicted octanol–water partition coefficient (Wildman–Crippen LogP) is 4.05. The van der Waals surface area contributed by atoms with Crippen LogP contribution in [0.3, 0.4) is 0 Å². The number of allylic oxidation sites excluding steroid dienone is 1. The Hall–Kier alpha value is -3.60. The standard InChI is InChI=1S/C26H24ClN5O2/c27-19-10-11-21-22(12-19)29-25(33)5-3-1-2-4-20-16-31(15-18-8-6-17(14-28)7-9-18)26(34)24-13-23(21)30-32(20)24/h1,3,6-13,20,23,30H,2,4-5,15-16H2,(H,29,33)/b3-1-. The highest BCUT2D eigenvalue weighted by Crippen LogP contribution is 2.36. The molecule has 8 heteroatoms. The molecular weight excluding hydrogens is 450 g/mol. The van der Waals surface area contributed by atoms with E-state index in [0.717, 1.165) is 24.0 Å². The lowest BCUT2D eigenvalue weighted by molar-refractivity contribution is -0.135. The first kappa shape index (κ1) is 22.2. The number of hydrogen-bond donors (Lipinski definition) is 2. The summed E-state index contributed by atoms with van der Waals surface area (Å²) in [4.78, 5) is 27.8. The number of fused-ring (bicyclic) bond motifs is 3. The highest BCUT2D eigenvalue weighted by Gasteiger charge is 2.41. The summed E-state index contributed by atoms with van der Waals surface area (Å²) < 4.78 is 0. The van der Waals surface area contributed by atoms with E-state index in [0.29, 0.717) is 41.5 Å². The molecule has 172 valence electrons. The third-order valence-corrected chi connectivity index (χ3v) is 6.62. The normalized spacial score (nSPS) is 23.0. The summed E-state index contributed by atoms with van der Waals surface area (Å²) in [6.45, 7) is 1.06. The summed E-state index contributed by atoms with van der Waals surface area (Å²) >= 11 is 6.21. The Morgan fingerprint density at radius 3 is 2.74 bits per heavy atom.